The summed E-state index contributed by atoms with van der Waals surface area (Å²) >= 11 is 0. The molecule has 3 aliphatic rings. The minimum absolute atomic E-state index is 0.00649. The van der Waals surface area contributed by atoms with Crippen molar-refractivity contribution in [3.05, 3.63) is 48.4 Å². The first-order chi connectivity index (χ1) is 16.1. The van der Waals surface area contributed by atoms with Crippen molar-refractivity contribution in [3.63, 3.8) is 0 Å². The molecule has 10 nitrogen and oxygen atoms in total. The minimum Gasteiger partial charge on any atom is -0.489 e. The Morgan fingerprint density at radius 1 is 1.18 bits per heavy atom. The van der Waals surface area contributed by atoms with Crippen LogP contribution in [0.1, 0.15) is 6.42 Å². The second kappa shape index (κ2) is 10.0. The van der Waals surface area contributed by atoms with Gasteiger partial charge in [-0.2, -0.15) is 13.2 Å². The largest absolute Gasteiger partial charge is 0.489 e. The molecule has 0 radical (unpaired) electrons. The van der Waals surface area contributed by atoms with Gasteiger partial charge in [-0.1, -0.05) is 25.3 Å². The molecule has 0 spiro atoms. The van der Waals surface area contributed by atoms with Gasteiger partial charge in [0.25, 0.3) is 5.91 Å². The molecular weight excluding hydrogens is 463 g/mol. The molecule has 3 aliphatic heterocycles. The number of carbonyl (C=O) groups is 4. The highest BCUT2D eigenvalue weighted by Crippen LogP contribution is 2.35. The summed E-state index contributed by atoms with van der Waals surface area (Å²) in [7, 11) is 0. The third kappa shape index (κ3) is 5.24. The van der Waals surface area contributed by atoms with Gasteiger partial charge in [0, 0.05) is 12.1 Å². The molecule has 0 saturated carbocycles. The van der Waals surface area contributed by atoms with Crippen LogP contribution < -0.4 is 5.32 Å². The van der Waals surface area contributed by atoms with Gasteiger partial charge in [-0.25, -0.2) is 9.59 Å². The first kappa shape index (κ1) is 24.9. The number of fused-ring (bicyclic) bond motifs is 1. The van der Waals surface area contributed by atoms with Crippen molar-refractivity contribution < 1.29 is 46.6 Å². The Kier molecular flexibility index (Phi) is 7.32. The fraction of sp³-hybridized carbons (Fsp3) is 0.429. The number of nitrogens with zero attached hydrogens (tertiary/aromatic N) is 2. The van der Waals surface area contributed by atoms with E-state index in [1.807, 2.05) is 0 Å². The maximum absolute atomic E-state index is 12.7. The van der Waals surface area contributed by atoms with Crippen molar-refractivity contribution in [2.75, 3.05) is 32.9 Å². The number of esters is 1. The van der Waals surface area contributed by atoms with Gasteiger partial charge in [0.15, 0.2) is 11.5 Å². The van der Waals surface area contributed by atoms with Crippen LogP contribution in [0.5, 0.6) is 0 Å². The molecule has 0 unspecified atom stereocenters. The molecule has 0 aromatic heterocycles. The predicted octanol–water partition coefficient (Wildman–Crippen LogP) is 1.17. The second-order valence-corrected chi connectivity index (χ2v) is 7.46. The van der Waals surface area contributed by atoms with E-state index in [2.05, 4.69) is 18.5 Å². The number of ether oxygens (including phenoxy) is 3. The Hall–Kier alpha value is -3.77. The van der Waals surface area contributed by atoms with Gasteiger partial charge in [0.05, 0.1) is 0 Å². The smallest absolute Gasteiger partial charge is 0.408 e. The highest BCUT2D eigenvalue weighted by atomic mass is 19.4. The summed E-state index contributed by atoms with van der Waals surface area (Å²) in [6, 6.07) is -1.80. The van der Waals surface area contributed by atoms with E-state index in [0.717, 1.165) is 11.0 Å². The predicted molar refractivity (Wildman–Crippen MR) is 109 cm³/mol. The molecule has 0 aromatic rings. The number of allylic oxidation sites excluding steroid dienone is 1. The molecule has 2 atom stereocenters. The first-order valence-corrected chi connectivity index (χ1v) is 10.2. The third-order valence-corrected chi connectivity index (χ3v) is 5.12. The number of rotatable bonds is 8. The van der Waals surface area contributed by atoms with E-state index < -0.39 is 48.7 Å². The van der Waals surface area contributed by atoms with Crippen molar-refractivity contribution in [1.82, 2.24) is 15.1 Å². The molecule has 0 aliphatic carbocycles. The number of alkyl halides is 3. The number of nitrogens with one attached hydrogen (secondary N) is 1. The van der Waals surface area contributed by atoms with Crippen molar-refractivity contribution in [3.8, 4) is 0 Å². The molecule has 0 bridgehead atoms. The van der Waals surface area contributed by atoms with Crippen molar-refractivity contribution in [1.29, 1.82) is 0 Å². The van der Waals surface area contributed by atoms with Crippen LogP contribution in [0.3, 0.4) is 0 Å². The van der Waals surface area contributed by atoms with Gasteiger partial charge >= 0.3 is 18.2 Å². The summed E-state index contributed by atoms with van der Waals surface area (Å²) < 4.78 is 53.5. The van der Waals surface area contributed by atoms with E-state index in [9.17, 15) is 32.3 Å². The SMILES string of the molecule is C=CCOC(=O)N[C@@H]1C(=O)N2C(C(=O)OCC=C)=C(/C=C3\CCN(CC(F)(F)F)C3=O)OC[C@H]12. The van der Waals surface area contributed by atoms with Gasteiger partial charge in [0.1, 0.15) is 38.4 Å². The molecule has 3 amide bonds. The van der Waals surface area contributed by atoms with Gasteiger partial charge in [0.2, 0.25) is 5.91 Å². The van der Waals surface area contributed by atoms with E-state index in [1.54, 1.807) is 0 Å². The second-order valence-electron chi connectivity index (χ2n) is 7.46. The molecule has 34 heavy (non-hydrogen) atoms. The zero-order valence-electron chi connectivity index (χ0n) is 17.9. The van der Waals surface area contributed by atoms with Gasteiger partial charge in [-0.3, -0.25) is 14.5 Å². The Balaban J connectivity index is 1.85. The maximum Gasteiger partial charge on any atom is 0.408 e. The molecule has 1 N–H and O–H groups in total. The fourth-order valence-corrected chi connectivity index (χ4v) is 3.65. The van der Waals surface area contributed by atoms with Crippen LogP contribution in [0, 0.1) is 0 Å². The molecule has 2 fully saturated rings. The Morgan fingerprint density at radius 2 is 1.85 bits per heavy atom. The minimum atomic E-state index is -4.56. The normalized spacial score (nSPS) is 23.2. The van der Waals surface area contributed by atoms with Crippen LogP contribution in [-0.2, 0) is 28.6 Å². The average Bonchev–Trinajstić information content (AvgIpc) is 3.11. The lowest BCUT2D eigenvalue weighted by Gasteiger charge is -2.49. The number of hydrogen-bond acceptors (Lipinski definition) is 7. The number of halogens is 3. The number of amides is 3. The quantitative estimate of drug-likeness (QED) is 0.238. The highest BCUT2D eigenvalue weighted by Gasteiger charge is 2.55. The third-order valence-electron chi connectivity index (χ3n) is 5.12. The first-order valence-electron chi connectivity index (χ1n) is 10.2. The van der Waals surface area contributed by atoms with E-state index in [1.165, 1.54) is 12.2 Å². The molecule has 2 saturated heterocycles. The molecule has 184 valence electrons. The lowest BCUT2D eigenvalue weighted by molar-refractivity contribution is -0.160. The Bertz CT molecular complexity index is 973. The van der Waals surface area contributed by atoms with Crippen LogP contribution in [0.15, 0.2) is 48.4 Å². The molecule has 13 heteroatoms. The van der Waals surface area contributed by atoms with Crippen LogP contribution in [-0.4, -0.2) is 84.8 Å². The summed E-state index contributed by atoms with van der Waals surface area (Å²) in [4.78, 5) is 51.3. The van der Waals surface area contributed by atoms with Crippen LogP contribution in [0.4, 0.5) is 18.0 Å². The number of β-lactam (4-membered cyclic amide) rings is 1. The number of carbonyl (C=O) groups excluding carboxylic acids is 4. The molecule has 3 rings (SSSR count). The number of alkyl carbamates (subject to hydrolysis) is 1. The zero-order valence-corrected chi connectivity index (χ0v) is 17.9. The van der Waals surface area contributed by atoms with Gasteiger partial charge < -0.3 is 24.4 Å². The van der Waals surface area contributed by atoms with Gasteiger partial charge in [-0.15, -0.1) is 0 Å². The summed E-state index contributed by atoms with van der Waals surface area (Å²) in [5.74, 6) is -2.66. The topological polar surface area (TPSA) is 114 Å². The maximum atomic E-state index is 12.7. The van der Waals surface area contributed by atoms with Crippen LogP contribution >= 0.6 is 0 Å². The van der Waals surface area contributed by atoms with Crippen LogP contribution in [0.25, 0.3) is 0 Å². The molecule has 3 heterocycles. The average molecular weight is 485 g/mol. The van der Waals surface area contributed by atoms with E-state index >= 15 is 0 Å². The summed E-state index contributed by atoms with van der Waals surface area (Å²) in [5.41, 5.74) is -0.336. The monoisotopic (exact) mass is 485 g/mol. The number of likely N-dealkylation sites (tertiary alicyclic amines) is 1. The van der Waals surface area contributed by atoms with Crippen LogP contribution in [0.2, 0.25) is 0 Å². The highest BCUT2D eigenvalue weighted by molar-refractivity contribution is 6.02. The fourth-order valence-electron chi connectivity index (χ4n) is 3.65. The van der Waals surface area contributed by atoms with E-state index in [4.69, 9.17) is 14.2 Å². The zero-order chi connectivity index (χ0) is 25.0. The number of hydrogen-bond donors (Lipinski definition) is 1. The van der Waals surface area contributed by atoms with Crippen molar-refractivity contribution >= 4 is 23.9 Å². The van der Waals surface area contributed by atoms with Crippen molar-refractivity contribution in [2.24, 2.45) is 0 Å². The molecular formula is C21H22F3N3O7. The standard InChI is InChI=1S/C21H22F3N3O7/c1-3-7-32-19(30)16-14(9-12-5-6-26(17(12)28)11-21(22,23)24)34-10-13-15(18(29)27(13)16)25-20(31)33-8-4-2/h3-4,9,13,15H,1-2,5-8,10-11H2,(H,25,31)/b12-9+/t13-,15+/m1/s1. The van der Waals surface area contributed by atoms with E-state index in [-0.39, 0.29) is 49.8 Å². The Labute approximate surface area is 192 Å². The summed E-state index contributed by atoms with van der Waals surface area (Å²) in [5, 5.41) is 2.37. The van der Waals surface area contributed by atoms with Crippen molar-refractivity contribution in [2.45, 2.75) is 24.7 Å². The van der Waals surface area contributed by atoms with E-state index in [0.29, 0.717) is 4.90 Å². The van der Waals surface area contributed by atoms with Gasteiger partial charge in [-0.05, 0) is 12.5 Å². The Morgan fingerprint density at radius 3 is 2.50 bits per heavy atom. The molecule has 0 aromatic carbocycles. The lowest BCUT2D eigenvalue weighted by atomic mass is 9.92. The lowest BCUT2D eigenvalue weighted by Crippen LogP contribution is -2.73. The summed E-state index contributed by atoms with van der Waals surface area (Å²) in [6.45, 7) is 4.86. The summed E-state index contributed by atoms with van der Waals surface area (Å²) in [6.07, 6.45) is -1.65.